The SMILES string of the molecule is CCCCCCCCCCC(CC)SC(CC)CCCCCCCCCC. The van der Waals surface area contributed by atoms with Crippen LogP contribution in [0.15, 0.2) is 0 Å². The lowest BCUT2D eigenvalue weighted by atomic mass is 10.1. The highest BCUT2D eigenvalue weighted by Crippen LogP contribution is 2.30. The van der Waals surface area contributed by atoms with E-state index in [1.165, 1.54) is 128 Å². The van der Waals surface area contributed by atoms with Crippen molar-refractivity contribution < 1.29 is 0 Å². The van der Waals surface area contributed by atoms with Crippen molar-refractivity contribution in [1.82, 2.24) is 0 Å². The van der Waals surface area contributed by atoms with Gasteiger partial charge in [-0.15, -0.1) is 0 Å². The van der Waals surface area contributed by atoms with E-state index >= 15 is 0 Å². The van der Waals surface area contributed by atoms with Crippen molar-refractivity contribution in [3.05, 3.63) is 0 Å². The molecule has 0 spiro atoms. The van der Waals surface area contributed by atoms with Crippen molar-refractivity contribution in [2.75, 3.05) is 0 Å². The molecule has 0 heterocycles. The molecule has 0 N–H and O–H groups in total. The highest BCUT2D eigenvalue weighted by molar-refractivity contribution is 8.00. The van der Waals surface area contributed by atoms with Gasteiger partial charge in [-0.3, -0.25) is 0 Å². The van der Waals surface area contributed by atoms with E-state index in [1.807, 2.05) is 0 Å². The van der Waals surface area contributed by atoms with Gasteiger partial charge in [-0.2, -0.15) is 11.8 Å². The zero-order valence-corrected chi connectivity index (χ0v) is 20.5. The predicted molar refractivity (Wildman–Crippen MR) is 130 cm³/mol. The summed E-state index contributed by atoms with van der Waals surface area (Å²) in [5.74, 6) is 0. The molecular formula is C26H54S. The minimum Gasteiger partial charge on any atom is -0.155 e. The van der Waals surface area contributed by atoms with Crippen LogP contribution in [0.2, 0.25) is 0 Å². The average Bonchev–Trinajstić information content (AvgIpc) is 2.69. The first-order valence-corrected chi connectivity index (χ1v) is 13.9. The largest absolute Gasteiger partial charge is 0.155 e. The summed E-state index contributed by atoms with van der Waals surface area (Å²) < 4.78 is 0. The van der Waals surface area contributed by atoms with Crippen LogP contribution in [0.4, 0.5) is 0 Å². The first-order valence-electron chi connectivity index (χ1n) is 12.9. The van der Waals surface area contributed by atoms with E-state index in [9.17, 15) is 0 Å². The van der Waals surface area contributed by atoms with Gasteiger partial charge < -0.3 is 0 Å². The predicted octanol–water partition coefficient (Wildman–Crippen LogP) is 10.3. The fraction of sp³-hybridized carbons (Fsp3) is 1.00. The summed E-state index contributed by atoms with van der Waals surface area (Å²) in [6, 6.07) is 0. The lowest BCUT2D eigenvalue weighted by Crippen LogP contribution is -2.10. The lowest BCUT2D eigenvalue weighted by Gasteiger charge is -2.21. The summed E-state index contributed by atoms with van der Waals surface area (Å²) in [6.07, 6.45) is 28.9. The normalized spacial score (nSPS) is 13.8. The summed E-state index contributed by atoms with van der Waals surface area (Å²) >= 11 is 2.34. The van der Waals surface area contributed by atoms with Gasteiger partial charge in [0, 0.05) is 10.5 Å². The summed E-state index contributed by atoms with van der Waals surface area (Å²) in [4.78, 5) is 0. The molecule has 0 rings (SSSR count). The molecule has 0 fully saturated rings. The van der Waals surface area contributed by atoms with E-state index in [-0.39, 0.29) is 0 Å². The van der Waals surface area contributed by atoms with Crippen LogP contribution in [0.25, 0.3) is 0 Å². The Kier molecular flexibility index (Phi) is 22.9. The zero-order chi connectivity index (χ0) is 20.0. The minimum absolute atomic E-state index is 0.920. The van der Waals surface area contributed by atoms with Gasteiger partial charge in [-0.05, 0) is 25.7 Å². The van der Waals surface area contributed by atoms with Gasteiger partial charge in [0.25, 0.3) is 0 Å². The second-order valence-corrected chi connectivity index (χ2v) is 10.3. The smallest absolute Gasteiger partial charge is 0.00472 e. The van der Waals surface area contributed by atoms with E-state index < -0.39 is 0 Å². The molecule has 0 aromatic rings. The maximum Gasteiger partial charge on any atom is 0.00472 e. The average molecular weight is 399 g/mol. The molecule has 0 saturated heterocycles. The first kappa shape index (κ1) is 27.4. The second kappa shape index (κ2) is 22.6. The van der Waals surface area contributed by atoms with Gasteiger partial charge in [0.2, 0.25) is 0 Å². The molecule has 0 aromatic carbocycles. The molecule has 0 aliphatic carbocycles. The van der Waals surface area contributed by atoms with Crippen LogP contribution in [-0.4, -0.2) is 10.5 Å². The molecule has 0 radical (unpaired) electrons. The third-order valence-corrected chi connectivity index (χ3v) is 7.96. The van der Waals surface area contributed by atoms with Crippen molar-refractivity contribution in [3.8, 4) is 0 Å². The maximum absolute atomic E-state index is 2.41. The summed E-state index contributed by atoms with van der Waals surface area (Å²) in [6.45, 7) is 9.43. The van der Waals surface area contributed by atoms with Gasteiger partial charge >= 0.3 is 0 Å². The van der Waals surface area contributed by atoms with E-state index in [0.717, 1.165) is 10.5 Å². The van der Waals surface area contributed by atoms with Crippen LogP contribution in [-0.2, 0) is 0 Å². The Morgan fingerprint density at radius 3 is 1.00 bits per heavy atom. The van der Waals surface area contributed by atoms with Gasteiger partial charge in [-0.25, -0.2) is 0 Å². The Bertz CT molecular complexity index is 237. The molecule has 0 aliphatic heterocycles. The van der Waals surface area contributed by atoms with Crippen LogP contribution >= 0.6 is 11.8 Å². The Hall–Kier alpha value is 0.350. The van der Waals surface area contributed by atoms with Crippen LogP contribution in [0.3, 0.4) is 0 Å². The molecule has 27 heavy (non-hydrogen) atoms. The summed E-state index contributed by atoms with van der Waals surface area (Å²) in [5.41, 5.74) is 0. The molecule has 0 saturated carbocycles. The molecule has 2 unspecified atom stereocenters. The van der Waals surface area contributed by atoms with Crippen molar-refractivity contribution in [2.24, 2.45) is 0 Å². The fourth-order valence-corrected chi connectivity index (χ4v) is 5.56. The third-order valence-electron chi connectivity index (χ3n) is 6.05. The Balaban J connectivity index is 3.64. The lowest BCUT2D eigenvalue weighted by molar-refractivity contribution is 0.551. The van der Waals surface area contributed by atoms with Crippen molar-refractivity contribution in [1.29, 1.82) is 0 Å². The topological polar surface area (TPSA) is 0 Å². The highest BCUT2D eigenvalue weighted by Gasteiger charge is 2.14. The third kappa shape index (κ3) is 19.4. The molecule has 0 amide bonds. The summed E-state index contributed by atoms with van der Waals surface area (Å²) in [5, 5.41) is 1.84. The van der Waals surface area contributed by atoms with Gasteiger partial charge in [0.1, 0.15) is 0 Å². The molecular weight excluding hydrogens is 344 g/mol. The van der Waals surface area contributed by atoms with Crippen molar-refractivity contribution in [2.45, 2.75) is 167 Å². The molecule has 1 heteroatoms. The minimum atomic E-state index is 0.920. The Morgan fingerprint density at radius 2 is 0.704 bits per heavy atom. The zero-order valence-electron chi connectivity index (χ0n) is 19.7. The van der Waals surface area contributed by atoms with Crippen LogP contribution in [0.5, 0.6) is 0 Å². The Labute approximate surface area is 178 Å². The van der Waals surface area contributed by atoms with E-state index in [1.54, 1.807) is 0 Å². The van der Waals surface area contributed by atoms with Crippen LogP contribution in [0.1, 0.15) is 156 Å². The number of hydrogen-bond donors (Lipinski definition) is 0. The molecule has 0 bridgehead atoms. The molecule has 0 aliphatic rings. The first-order chi connectivity index (χ1) is 13.3. The quantitative estimate of drug-likeness (QED) is 0.163. The molecule has 0 aromatic heterocycles. The monoisotopic (exact) mass is 398 g/mol. The van der Waals surface area contributed by atoms with E-state index in [0.29, 0.717) is 0 Å². The number of thioether (sulfide) groups is 1. The molecule has 164 valence electrons. The fourth-order valence-electron chi connectivity index (χ4n) is 4.02. The van der Waals surface area contributed by atoms with E-state index in [2.05, 4.69) is 39.5 Å². The van der Waals surface area contributed by atoms with Gasteiger partial charge in [-0.1, -0.05) is 130 Å². The standard InChI is InChI=1S/C26H54S/c1-5-9-11-13-15-17-19-21-23-25(7-3)27-26(8-4)24-22-20-18-16-14-12-10-6-2/h25-26H,5-24H2,1-4H3. The van der Waals surface area contributed by atoms with Gasteiger partial charge in [0.15, 0.2) is 0 Å². The van der Waals surface area contributed by atoms with Crippen LogP contribution < -0.4 is 0 Å². The highest BCUT2D eigenvalue weighted by atomic mass is 32.2. The van der Waals surface area contributed by atoms with Crippen molar-refractivity contribution in [3.63, 3.8) is 0 Å². The molecule has 2 atom stereocenters. The molecule has 0 nitrogen and oxygen atoms in total. The Morgan fingerprint density at radius 1 is 0.407 bits per heavy atom. The number of rotatable bonds is 22. The van der Waals surface area contributed by atoms with Gasteiger partial charge in [0.05, 0.1) is 0 Å². The number of hydrogen-bond acceptors (Lipinski definition) is 1. The maximum atomic E-state index is 2.41. The summed E-state index contributed by atoms with van der Waals surface area (Å²) in [7, 11) is 0. The second-order valence-electron chi connectivity index (χ2n) is 8.72. The van der Waals surface area contributed by atoms with Crippen LogP contribution in [0, 0.1) is 0 Å². The number of unbranched alkanes of at least 4 members (excludes halogenated alkanes) is 14. The van der Waals surface area contributed by atoms with Crippen molar-refractivity contribution >= 4 is 11.8 Å². The van der Waals surface area contributed by atoms with E-state index in [4.69, 9.17) is 0 Å².